The van der Waals surface area contributed by atoms with E-state index in [1.807, 2.05) is 54.6 Å². The van der Waals surface area contributed by atoms with Gasteiger partial charge in [-0.25, -0.2) is 0 Å². The Kier molecular flexibility index (Phi) is 6.12. The molecule has 0 saturated carbocycles. The van der Waals surface area contributed by atoms with Crippen LogP contribution in [0.25, 0.3) is 0 Å². The molecule has 1 aliphatic rings. The van der Waals surface area contributed by atoms with Crippen LogP contribution in [0.5, 0.6) is 5.75 Å². The smallest absolute Gasteiger partial charge is 0.120 e. The lowest BCUT2D eigenvalue weighted by Crippen LogP contribution is -2.45. The lowest BCUT2D eigenvalue weighted by molar-refractivity contribution is -0.0440. The molecule has 3 heteroatoms. The minimum atomic E-state index is 0.0433. The molecule has 3 rings (SSSR count). The van der Waals surface area contributed by atoms with Crippen LogP contribution in [-0.4, -0.2) is 43.9 Å². The third kappa shape index (κ3) is 5.40. The predicted octanol–water partition coefficient (Wildman–Crippen LogP) is 2.80. The van der Waals surface area contributed by atoms with Gasteiger partial charge in [-0.2, -0.15) is 0 Å². The molecule has 0 aromatic heterocycles. The van der Waals surface area contributed by atoms with Gasteiger partial charge in [-0.3, -0.25) is 4.90 Å². The van der Waals surface area contributed by atoms with Gasteiger partial charge in [0.15, 0.2) is 0 Å². The Bertz CT molecular complexity index is 783. The van der Waals surface area contributed by atoms with Gasteiger partial charge >= 0.3 is 0 Å². The molecular weight excluding hydrogens is 310 g/mol. The van der Waals surface area contributed by atoms with Crippen molar-refractivity contribution < 1.29 is 9.47 Å². The van der Waals surface area contributed by atoms with E-state index >= 15 is 0 Å². The van der Waals surface area contributed by atoms with Gasteiger partial charge in [-0.1, -0.05) is 42.0 Å². The van der Waals surface area contributed by atoms with Crippen molar-refractivity contribution in [3.05, 3.63) is 65.7 Å². The van der Waals surface area contributed by atoms with Crippen molar-refractivity contribution in [2.75, 3.05) is 32.8 Å². The van der Waals surface area contributed by atoms with Crippen molar-refractivity contribution >= 4 is 0 Å². The first-order valence-corrected chi connectivity index (χ1v) is 8.41. The fourth-order valence-electron chi connectivity index (χ4n) is 2.66. The van der Waals surface area contributed by atoms with Crippen molar-refractivity contribution in [1.82, 2.24) is 4.90 Å². The van der Waals surface area contributed by atoms with Gasteiger partial charge in [0.05, 0.1) is 13.2 Å². The molecule has 0 amide bonds. The summed E-state index contributed by atoms with van der Waals surface area (Å²) < 4.78 is 11.6. The summed E-state index contributed by atoms with van der Waals surface area (Å²) in [4.78, 5) is 2.30. The first-order chi connectivity index (χ1) is 12.3. The number of hydrogen-bond donors (Lipinski definition) is 0. The Labute approximate surface area is 149 Å². The van der Waals surface area contributed by atoms with Crippen LogP contribution < -0.4 is 4.74 Å². The zero-order valence-electron chi connectivity index (χ0n) is 14.2. The number of benzene rings is 2. The summed E-state index contributed by atoms with van der Waals surface area (Å²) in [6, 6.07) is 17.6. The predicted molar refractivity (Wildman–Crippen MR) is 99.4 cm³/mol. The molecule has 2 aromatic rings. The molecule has 0 aliphatic carbocycles. The second-order valence-corrected chi connectivity index (χ2v) is 5.88. The summed E-state index contributed by atoms with van der Waals surface area (Å²) in [5.41, 5.74) is 1.86. The molecule has 0 spiro atoms. The Morgan fingerprint density at radius 2 is 1.96 bits per heavy atom. The highest BCUT2D eigenvalue weighted by Gasteiger charge is 2.20. The zero-order valence-corrected chi connectivity index (χ0v) is 14.2. The number of hydrogen-bond acceptors (Lipinski definition) is 3. The SMILES string of the molecule is C#Cc1cccc(OCC2CN(CC#Cc3ccccc3)CCO2)c1. The van der Waals surface area contributed by atoms with Crippen LogP contribution in [0.2, 0.25) is 0 Å². The first-order valence-electron chi connectivity index (χ1n) is 8.41. The summed E-state index contributed by atoms with van der Waals surface area (Å²) in [6.07, 6.45) is 5.46. The fourth-order valence-corrected chi connectivity index (χ4v) is 2.66. The molecule has 0 radical (unpaired) electrons. The van der Waals surface area contributed by atoms with E-state index in [-0.39, 0.29) is 6.10 Å². The number of morpholine rings is 1. The van der Waals surface area contributed by atoms with Crippen LogP contribution in [0.4, 0.5) is 0 Å². The molecule has 0 bridgehead atoms. The molecule has 3 nitrogen and oxygen atoms in total. The van der Waals surface area contributed by atoms with Gasteiger partial charge < -0.3 is 9.47 Å². The minimum Gasteiger partial charge on any atom is -0.491 e. The molecule has 1 saturated heterocycles. The van der Waals surface area contributed by atoms with E-state index in [0.29, 0.717) is 13.2 Å². The van der Waals surface area contributed by atoms with Crippen LogP contribution in [0.3, 0.4) is 0 Å². The Balaban J connectivity index is 1.48. The molecule has 1 atom stereocenters. The lowest BCUT2D eigenvalue weighted by Gasteiger charge is -2.31. The van der Waals surface area contributed by atoms with Crippen molar-refractivity contribution in [1.29, 1.82) is 0 Å². The topological polar surface area (TPSA) is 21.7 Å². The van der Waals surface area contributed by atoms with E-state index in [4.69, 9.17) is 15.9 Å². The van der Waals surface area contributed by atoms with Crippen LogP contribution in [0.1, 0.15) is 11.1 Å². The number of ether oxygens (including phenoxy) is 2. The largest absolute Gasteiger partial charge is 0.491 e. The molecule has 1 heterocycles. The van der Waals surface area contributed by atoms with Crippen molar-refractivity contribution in [3.8, 4) is 29.9 Å². The Morgan fingerprint density at radius 3 is 2.80 bits per heavy atom. The van der Waals surface area contributed by atoms with Gasteiger partial charge in [-0.05, 0) is 30.3 Å². The average Bonchev–Trinajstić information content (AvgIpc) is 2.68. The molecule has 126 valence electrons. The van der Waals surface area contributed by atoms with Crippen LogP contribution >= 0.6 is 0 Å². The third-order valence-electron chi connectivity index (χ3n) is 3.97. The van der Waals surface area contributed by atoms with Gasteiger partial charge in [-0.15, -0.1) is 6.42 Å². The maximum absolute atomic E-state index is 5.83. The fraction of sp³-hybridized carbons (Fsp3) is 0.273. The van der Waals surface area contributed by atoms with E-state index in [2.05, 4.69) is 22.7 Å². The summed E-state index contributed by atoms with van der Waals surface area (Å²) in [6.45, 7) is 3.66. The van der Waals surface area contributed by atoms with E-state index < -0.39 is 0 Å². The highest BCUT2D eigenvalue weighted by Crippen LogP contribution is 2.14. The molecule has 1 aliphatic heterocycles. The molecule has 1 unspecified atom stereocenters. The quantitative estimate of drug-likeness (QED) is 0.804. The summed E-state index contributed by atoms with van der Waals surface area (Å²) in [5, 5.41) is 0. The summed E-state index contributed by atoms with van der Waals surface area (Å²) >= 11 is 0. The van der Waals surface area contributed by atoms with Gasteiger partial charge in [0, 0.05) is 24.2 Å². The Morgan fingerprint density at radius 1 is 1.12 bits per heavy atom. The summed E-state index contributed by atoms with van der Waals surface area (Å²) in [7, 11) is 0. The normalized spacial score (nSPS) is 17.2. The molecular formula is C22H21NO2. The number of rotatable bonds is 4. The maximum atomic E-state index is 5.83. The lowest BCUT2D eigenvalue weighted by atomic mass is 10.2. The second-order valence-electron chi connectivity index (χ2n) is 5.88. The van der Waals surface area contributed by atoms with Gasteiger partial charge in [0.25, 0.3) is 0 Å². The standard InChI is InChI=1S/C22H21NO2/c1-2-19-10-6-12-21(16-19)25-18-22-17-23(14-15-24-22)13-7-11-20-8-4-3-5-9-20/h1,3-6,8-10,12,16,22H,13-15,17-18H2. The van der Waals surface area contributed by atoms with E-state index in [1.54, 1.807) is 0 Å². The summed E-state index contributed by atoms with van der Waals surface area (Å²) in [5.74, 6) is 9.83. The number of terminal acetylenes is 1. The van der Waals surface area contributed by atoms with Crippen molar-refractivity contribution in [2.45, 2.75) is 6.10 Å². The minimum absolute atomic E-state index is 0.0433. The molecule has 2 aromatic carbocycles. The first kappa shape index (κ1) is 17.1. The number of nitrogens with zero attached hydrogens (tertiary/aromatic N) is 1. The highest BCUT2D eigenvalue weighted by atomic mass is 16.5. The molecule has 1 fully saturated rings. The van der Waals surface area contributed by atoms with Crippen molar-refractivity contribution in [3.63, 3.8) is 0 Å². The van der Waals surface area contributed by atoms with Gasteiger partial charge in [0.1, 0.15) is 18.5 Å². The third-order valence-corrected chi connectivity index (χ3v) is 3.97. The van der Waals surface area contributed by atoms with E-state index in [9.17, 15) is 0 Å². The Hall–Kier alpha value is -2.72. The zero-order chi connectivity index (χ0) is 17.3. The van der Waals surface area contributed by atoms with Crippen LogP contribution in [-0.2, 0) is 4.74 Å². The van der Waals surface area contributed by atoms with E-state index in [1.165, 1.54) is 0 Å². The monoisotopic (exact) mass is 331 g/mol. The van der Waals surface area contributed by atoms with Crippen LogP contribution in [0, 0.1) is 24.2 Å². The molecule has 0 N–H and O–H groups in total. The average molecular weight is 331 g/mol. The van der Waals surface area contributed by atoms with E-state index in [0.717, 1.165) is 36.5 Å². The molecule has 25 heavy (non-hydrogen) atoms. The maximum Gasteiger partial charge on any atom is 0.120 e. The van der Waals surface area contributed by atoms with Crippen molar-refractivity contribution in [2.24, 2.45) is 0 Å². The highest BCUT2D eigenvalue weighted by molar-refractivity contribution is 5.38. The second kappa shape index (κ2) is 8.94. The van der Waals surface area contributed by atoms with Gasteiger partial charge in [0.2, 0.25) is 0 Å². The van der Waals surface area contributed by atoms with Crippen LogP contribution in [0.15, 0.2) is 54.6 Å².